The Hall–Kier alpha value is -2.97. The number of halogens is 6. The number of alkyl halides is 6. The SMILES string of the molecule is O=C([O-])[O-].OCc1cc(OC(F)(F)F)ccc1OC1(Sc2ccccc2)CC1.OCc1cc(OC(F)(F)F)ccc1OC1(Sc2ccccc2)CC1.[Ag+].[Ag+]. The van der Waals surface area contributed by atoms with Crippen molar-refractivity contribution in [1.82, 2.24) is 0 Å². The van der Waals surface area contributed by atoms with Crippen LogP contribution < -0.4 is 29.2 Å². The molecule has 0 heterocycles. The summed E-state index contributed by atoms with van der Waals surface area (Å²) in [6.07, 6.45) is -8.54. The number of rotatable bonds is 12. The van der Waals surface area contributed by atoms with Crippen LogP contribution in [-0.2, 0) is 58.0 Å². The summed E-state index contributed by atoms with van der Waals surface area (Å²) in [5, 5.41) is 35.5. The van der Waals surface area contributed by atoms with Crippen molar-refractivity contribution in [2.24, 2.45) is 0 Å². The first-order valence-electron chi connectivity index (χ1n) is 15.2. The third kappa shape index (κ3) is 16.4. The fourth-order valence-corrected chi connectivity index (χ4v) is 6.73. The standard InChI is InChI=1S/2C17H15F3O3S.CH2O3.2Ag/c2*18-17(19,20)22-13-6-7-15(12(10-13)11-21)23-16(8-9-16)24-14-4-2-1-3-5-14;2-1(3)4;;/h2*1-7,10,21H,8-9,11H2;(H2,2,3,4);;/q;;;2*+1/p-2. The van der Waals surface area contributed by atoms with Crippen LogP contribution in [0.2, 0.25) is 0 Å². The summed E-state index contributed by atoms with van der Waals surface area (Å²) in [6, 6.07) is 26.9. The molecule has 0 unspecified atom stereocenters. The summed E-state index contributed by atoms with van der Waals surface area (Å²) in [5.41, 5.74) is 0.522. The van der Waals surface area contributed by atoms with Crippen LogP contribution in [0, 0.1) is 0 Å². The van der Waals surface area contributed by atoms with Crippen LogP contribution in [-0.4, -0.2) is 39.0 Å². The maximum atomic E-state index is 12.3. The molecule has 6 rings (SSSR count). The van der Waals surface area contributed by atoms with Gasteiger partial charge in [0.15, 0.2) is 9.87 Å². The molecule has 0 saturated heterocycles. The zero-order valence-corrected chi connectivity index (χ0v) is 32.0. The molecule has 0 aromatic heterocycles. The van der Waals surface area contributed by atoms with Crippen LogP contribution >= 0.6 is 23.5 Å². The fourth-order valence-electron chi connectivity index (χ4n) is 4.41. The monoisotopic (exact) mass is 986 g/mol. The quantitative estimate of drug-likeness (QED) is 0.0860. The van der Waals surface area contributed by atoms with Crippen molar-refractivity contribution in [1.29, 1.82) is 0 Å². The zero-order chi connectivity index (χ0) is 38.0. The largest absolute Gasteiger partial charge is 1.00 e. The maximum absolute atomic E-state index is 12.3. The Morgan fingerprint density at radius 3 is 1.19 bits per heavy atom. The number of aliphatic hydroxyl groups is 2. The smallest absolute Gasteiger partial charge is 0.652 e. The normalized spacial score (nSPS) is 14.5. The average molecular weight is 988 g/mol. The van der Waals surface area contributed by atoms with E-state index >= 15 is 0 Å². The van der Waals surface area contributed by atoms with Crippen LogP contribution in [0.5, 0.6) is 23.0 Å². The summed E-state index contributed by atoms with van der Waals surface area (Å²) in [7, 11) is 0. The average Bonchev–Trinajstić information content (AvgIpc) is 4.00. The van der Waals surface area contributed by atoms with Crippen LogP contribution in [0.3, 0.4) is 0 Å². The van der Waals surface area contributed by atoms with Crippen LogP contribution in [0.25, 0.3) is 0 Å². The van der Waals surface area contributed by atoms with Crippen molar-refractivity contribution >= 4 is 29.7 Å². The predicted octanol–water partition coefficient (Wildman–Crippen LogP) is 7.03. The van der Waals surface area contributed by atoms with Crippen molar-refractivity contribution in [3.05, 3.63) is 108 Å². The van der Waals surface area contributed by atoms with E-state index in [0.29, 0.717) is 11.5 Å². The third-order valence-corrected chi connectivity index (χ3v) is 9.62. The van der Waals surface area contributed by atoms with Crippen molar-refractivity contribution in [3.63, 3.8) is 0 Å². The van der Waals surface area contributed by atoms with E-state index in [0.717, 1.165) is 47.6 Å². The molecule has 2 N–H and O–H groups in total. The van der Waals surface area contributed by atoms with Crippen molar-refractivity contribution in [2.75, 3.05) is 0 Å². The molecule has 9 nitrogen and oxygen atoms in total. The molecule has 4 aromatic carbocycles. The van der Waals surface area contributed by atoms with E-state index < -0.39 is 42.0 Å². The number of carbonyl (C=O) groups excluding carboxylic acids is 1. The second kappa shape index (κ2) is 20.8. The van der Waals surface area contributed by atoms with Gasteiger partial charge in [0.1, 0.15) is 23.0 Å². The topological polar surface area (TPSA) is 141 Å². The number of ether oxygens (including phenoxy) is 4. The molecule has 2 fully saturated rings. The Balaban J connectivity index is 0.000000329. The molecular weight excluding hydrogens is 958 g/mol. The van der Waals surface area contributed by atoms with Gasteiger partial charge in [-0.15, -0.1) is 26.3 Å². The summed E-state index contributed by atoms with van der Waals surface area (Å²) in [6.45, 7) is -0.868. The summed E-state index contributed by atoms with van der Waals surface area (Å²) in [5.74, 6) is -0.0140. The number of hydrogen-bond acceptors (Lipinski definition) is 11. The van der Waals surface area contributed by atoms with E-state index in [2.05, 4.69) is 9.47 Å². The molecule has 4 aromatic rings. The Labute approximate surface area is 345 Å². The Morgan fingerprint density at radius 1 is 0.611 bits per heavy atom. The van der Waals surface area contributed by atoms with Crippen LogP contribution in [0.15, 0.2) is 107 Å². The van der Waals surface area contributed by atoms with Gasteiger partial charge in [0.25, 0.3) is 0 Å². The van der Waals surface area contributed by atoms with Gasteiger partial charge in [-0.1, -0.05) is 59.9 Å². The minimum Gasteiger partial charge on any atom is -0.652 e. The van der Waals surface area contributed by atoms with Crippen molar-refractivity contribution in [2.45, 2.75) is 71.3 Å². The van der Waals surface area contributed by atoms with Gasteiger partial charge in [0, 0.05) is 46.6 Å². The molecule has 2 aliphatic rings. The van der Waals surface area contributed by atoms with Crippen molar-refractivity contribution < 1.29 is 115 Å². The Morgan fingerprint density at radius 2 is 0.926 bits per heavy atom. The first-order chi connectivity index (χ1) is 24.5. The molecule has 0 bridgehead atoms. The van der Waals surface area contributed by atoms with E-state index in [-0.39, 0.29) is 67.4 Å². The molecule has 0 amide bonds. The van der Waals surface area contributed by atoms with E-state index in [9.17, 15) is 36.6 Å². The van der Waals surface area contributed by atoms with E-state index in [1.165, 1.54) is 24.3 Å². The number of thioether (sulfide) groups is 2. The summed E-state index contributed by atoms with van der Waals surface area (Å²) >= 11 is 3.14. The number of benzene rings is 4. The Kier molecular flexibility index (Phi) is 18.2. The fraction of sp³-hybridized carbons (Fsp3) is 0.286. The molecule has 2 saturated carbocycles. The first-order valence-corrected chi connectivity index (χ1v) is 16.9. The Bertz CT molecular complexity index is 1640. The second-order valence-electron chi connectivity index (χ2n) is 11.1. The minimum atomic E-state index is -4.77. The van der Waals surface area contributed by atoms with Crippen LogP contribution in [0.4, 0.5) is 31.1 Å². The van der Waals surface area contributed by atoms with Gasteiger partial charge in [-0.3, -0.25) is 0 Å². The number of carboxylic acid groups (broad SMARTS) is 2. The molecule has 19 heteroatoms. The molecule has 0 atom stereocenters. The number of carbonyl (C=O) groups is 1. The molecule has 0 spiro atoms. The summed E-state index contributed by atoms with van der Waals surface area (Å²) < 4.78 is 93.4. The van der Waals surface area contributed by atoms with Gasteiger partial charge in [0.2, 0.25) is 0 Å². The van der Waals surface area contributed by atoms with Gasteiger partial charge in [-0.2, -0.15) is 0 Å². The molecule has 2 aliphatic carbocycles. The van der Waals surface area contributed by atoms with E-state index in [1.54, 1.807) is 23.5 Å². The molecular formula is C35H30Ag2F6O9S2. The summed E-state index contributed by atoms with van der Waals surface area (Å²) in [4.78, 5) is 9.57. The van der Waals surface area contributed by atoms with Gasteiger partial charge in [-0.05, 0) is 66.8 Å². The van der Waals surface area contributed by atoms with Gasteiger partial charge < -0.3 is 44.2 Å². The molecule has 54 heavy (non-hydrogen) atoms. The second-order valence-corrected chi connectivity index (χ2v) is 13.9. The molecule has 300 valence electrons. The number of aliphatic hydroxyl groups excluding tert-OH is 2. The maximum Gasteiger partial charge on any atom is 1.00 e. The molecule has 0 radical (unpaired) electrons. The van der Waals surface area contributed by atoms with Crippen molar-refractivity contribution in [3.8, 4) is 23.0 Å². The van der Waals surface area contributed by atoms with Crippen LogP contribution in [0.1, 0.15) is 36.8 Å². The van der Waals surface area contributed by atoms with E-state index in [4.69, 9.17) is 24.5 Å². The number of hydrogen-bond donors (Lipinski definition) is 2. The first kappa shape index (κ1) is 47.2. The van der Waals surface area contributed by atoms with Gasteiger partial charge in [0.05, 0.1) is 13.2 Å². The molecule has 0 aliphatic heterocycles. The third-order valence-electron chi connectivity index (χ3n) is 6.87. The van der Waals surface area contributed by atoms with Gasteiger partial charge >= 0.3 is 57.5 Å². The van der Waals surface area contributed by atoms with E-state index in [1.807, 2.05) is 60.7 Å². The zero-order valence-electron chi connectivity index (χ0n) is 27.4. The van der Waals surface area contributed by atoms with Gasteiger partial charge in [-0.25, -0.2) is 0 Å². The predicted molar refractivity (Wildman–Crippen MR) is 173 cm³/mol. The minimum absolute atomic E-state index is 0.